The standard InChI is InChI=1S/C19H14Cl2N4O2S2/c20-12-5-6-13(14(21)9-12)17(27)22-18-23-24-19(29-18)28-10-16(26)25-8-7-11-3-1-2-4-15(11)25/h1-6,9H,7-8,10H2,(H,22,23,27). The first kappa shape index (κ1) is 20.2. The fourth-order valence-corrected chi connectivity index (χ4v) is 5.07. The molecule has 0 atom stereocenters. The number of aromatic nitrogens is 2. The largest absolute Gasteiger partial charge is 0.311 e. The fraction of sp³-hybridized carbons (Fsp3) is 0.158. The summed E-state index contributed by atoms with van der Waals surface area (Å²) in [5.41, 5.74) is 2.46. The van der Waals surface area contributed by atoms with E-state index in [4.69, 9.17) is 23.2 Å². The lowest BCUT2D eigenvalue weighted by atomic mass is 10.2. The van der Waals surface area contributed by atoms with Crippen molar-refractivity contribution in [3.05, 3.63) is 63.6 Å². The van der Waals surface area contributed by atoms with Crippen LogP contribution < -0.4 is 10.2 Å². The number of carbonyl (C=O) groups excluding carboxylic acids is 2. The van der Waals surface area contributed by atoms with Gasteiger partial charge < -0.3 is 4.90 Å². The molecule has 0 unspecified atom stereocenters. The van der Waals surface area contributed by atoms with E-state index in [1.165, 1.54) is 34.7 Å². The van der Waals surface area contributed by atoms with Crippen molar-refractivity contribution in [1.29, 1.82) is 0 Å². The Bertz CT molecular complexity index is 1090. The van der Waals surface area contributed by atoms with E-state index in [0.717, 1.165) is 12.1 Å². The second-order valence-electron chi connectivity index (χ2n) is 6.16. The second kappa shape index (κ2) is 8.71. The van der Waals surface area contributed by atoms with Gasteiger partial charge >= 0.3 is 0 Å². The number of hydrogen-bond acceptors (Lipinski definition) is 6. The van der Waals surface area contributed by atoms with Gasteiger partial charge in [0.1, 0.15) is 0 Å². The van der Waals surface area contributed by atoms with Gasteiger partial charge in [0.15, 0.2) is 4.34 Å². The summed E-state index contributed by atoms with van der Waals surface area (Å²) in [6.07, 6.45) is 0.870. The van der Waals surface area contributed by atoms with Gasteiger partial charge in [-0.05, 0) is 36.2 Å². The first-order valence-corrected chi connectivity index (χ1v) is 11.2. The number of hydrogen-bond donors (Lipinski definition) is 1. The minimum absolute atomic E-state index is 0.0219. The van der Waals surface area contributed by atoms with E-state index in [9.17, 15) is 9.59 Å². The van der Waals surface area contributed by atoms with Crippen molar-refractivity contribution in [2.75, 3.05) is 22.5 Å². The average Bonchev–Trinajstić information content (AvgIpc) is 3.33. The molecule has 0 bridgehead atoms. The number of rotatable bonds is 5. The van der Waals surface area contributed by atoms with Crippen molar-refractivity contribution in [1.82, 2.24) is 10.2 Å². The maximum Gasteiger partial charge on any atom is 0.259 e. The number of benzene rings is 2. The summed E-state index contributed by atoms with van der Waals surface area (Å²) in [6, 6.07) is 12.6. The van der Waals surface area contributed by atoms with Crippen LogP contribution in [0.2, 0.25) is 10.0 Å². The molecule has 4 rings (SSSR count). The van der Waals surface area contributed by atoms with Crippen LogP contribution >= 0.6 is 46.3 Å². The third-order valence-electron chi connectivity index (χ3n) is 4.31. The van der Waals surface area contributed by atoms with E-state index < -0.39 is 5.91 Å². The molecule has 2 amide bonds. The lowest BCUT2D eigenvalue weighted by Gasteiger charge is -2.16. The molecule has 0 saturated heterocycles. The Hall–Kier alpha value is -2.13. The zero-order chi connectivity index (χ0) is 20.4. The zero-order valence-electron chi connectivity index (χ0n) is 14.9. The molecular formula is C19H14Cl2N4O2S2. The van der Waals surface area contributed by atoms with E-state index in [1.54, 1.807) is 17.0 Å². The van der Waals surface area contributed by atoms with Crippen LogP contribution in [0.1, 0.15) is 15.9 Å². The molecule has 0 radical (unpaired) electrons. The summed E-state index contributed by atoms with van der Waals surface area (Å²) in [5.74, 6) is -0.127. The van der Waals surface area contributed by atoms with E-state index in [2.05, 4.69) is 15.5 Å². The van der Waals surface area contributed by atoms with E-state index in [0.29, 0.717) is 26.6 Å². The minimum atomic E-state index is -0.399. The molecular weight excluding hydrogens is 451 g/mol. The smallest absolute Gasteiger partial charge is 0.259 e. The fourth-order valence-electron chi connectivity index (χ4n) is 2.96. The van der Waals surface area contributed by atoms with Crippen LogP contribution in [0, 0.1) is 0 Å². The minimum Gasteiger partial charge on any atom is -0.311 e. The van der Waals surface area contributed by atoms with Crippen molar-refractivity contribution in [3.8, 4) is 0 Å². The van der Waals surface area contributed by atoms with Crippen molar-refractivity contribution < 1.29 is 9.59 Å². The zero-order valence-corrected chi connectivity index (χ0v) is 18.0. The Balaban J connectivity index is 1.35. The predicted octanol–water partition coefficient (Wildman–Crippen LogP) is 4.78. The molecule has 1 aromatic heterocycles. The highest BCUT2D eigenvalue weighted by molar-refractivity contribution is 8.01. The number of para-hydroxylation sites is 1. The van der Waals surface area contributed by atoms with Gasteiger partial charge in [-0.1, -0.05) is 64.5 Å². The van der Waals surface area contributed by atoms with E-state index >= 15 is 0 Å². The highest BCUT2D eigenvalue weighted by atomic mass is 35.5. The summed E-state index contributed by atoms with van der Waals surface area (Å²) >= 11 is 14.4. The summed E-state index contributed by atoms with van der Waals surface area (Å²) in [6.45, 7) is 0.692. The molecule has 1 N–H and O–H groups in total. The number of anilines is 2. The van der Waals surface area contributed by atoms with E-state index in [-0.39, 0.29) is 16.7 Å². The van der Waals surface area contributed by atoms with Crippen molar-refractivity contribution in [2.24, 2.45) is 0 Å². The van der Waals surface area contributed by atoms with Crippen LogP contribution in [0.3, 0.4) is 0 Å². The van der Waals surface area contributed by atoms with Gasteiger partial charge in [-0.3, -0.25) is 14.9 Å². The monoisotopic (exact) mass is 464 g/mol. The van der Waals surface area contributed by atoms with Gasteiger partial charge in [-0.15, -0.1) is 10.2 Å². The molecule has 0 spiro atoms. The molecule has 2 heterocycles. The van der Waals surface area contributed by atoms with Crippen LogP contribution in [0.25, 0.3) is 0 Å². The molecule has 1 aliphatic heterocycles. The van der Waals surface area contributed by atoms with Gasteiger partial charge in [0.25, 0.3) is 5.91 Å². The van der Waals surface area contributed by atoms with Crippen LogP contribution in [0.4, 0.5) is 10.8 Å². The lowest BCUT2D eigenvalue weighted by Crippen LogP contribution is -2.30. The van der Waals surface area contributed by atoms with Gasteiger partial charge in [0.05, 0.1) is 16.3 Å². The lowest BCUT2D eigenvalue weighted by molar-refractivity contribution is -0.116. The predicted molar refractivity (Wildman–Crippen MR) is 118 cm³/mol. The van der Waals surface area contributed by atoms with Crippen molar-refractivity contribution in [2.45, 2.75) is 10.8 Å². The SMILES string of the molecule is O=C(Nc1nnc(SCC(=O)N2CCc3ccccc32)s1)c1ccc(Cl)cc1Cl. The Morgan fingerprint density at radius 3 is 2.83 bits per heavy atom. The van der Waals surface area contributed by atoms with Crippen molar-refractivity contribution in [3.63, 3.8) is 0 Å². The number of fused-ring (bicyclic) bond motifs is 1. The third kappa shape index (κ3) is 4.56. The van der Waals surface area contributed by atoms with Crippen LogP contribution in [0.15, 0.2) is 46.8 Å². The quantitative estimate of drug-likeness (QED) is 0.434. The Morgan fingerprint density at radius 2 is 2.00 bits per heavy atom. The second-order valence-corrected chi connectivity index (χ2v) is 9.21. The summed E-state index contributed by atoms with van der Waals surface area (Å²) in [7, 11) is 0. The molecule has 1 aliphatic rings. The summed E-state index contributed by atoms with van der Waals surface area (Å²) in [4.78, 5) is 26.7. The number of halogens is 2. The number of carbonyl (C=O) groups is 2. The average molecular weight is 465 g/mol. The number of nitrogens with one attached hydrogen (secondary N) is 1. The third-order valence-corrected chi connectivity index (χ3v) is 6.81. The highest BCUT2D eigenvalue weighted by Gasteiger charge is 2.24. The van der Waals surface area contributed by atoms with Gasteiger partial charge in [-0.25, -0.2) is 0 Å². The maximum atomic E-state index is 12.6. The molecule has 148 valence electrons. The Morgan fingerprint density at radius 1 is 1.17 bits per heavy atom. The van der Waals surface area contributed by atoms with Crippen molar-refractivity contribution >= 4 is 68.9 Å². The Kier molecular flexibility index (Phi) is 6.05. The highest BCUT2D eigenvalue weighted by Crippen LogP contribution is 2.30. The molecule has 6 nitrogen and oxygen atoms in total. The first-order chi connectivity index (χ1) is 14.0. The van der Waals surface area contributed by atoms with Gasteiger partial charge in [-0.2, -0.15) is 0 Å². The van der Waals surface area contributed by atoms with Crippen LogP contribution in [-0.2, 0) is 11.2 Å². The number of nitrogens with zero attached hydrogens (tertiary/aromatic N) is 3. The number of thioether (sulfide) groups is 1. The molecule has 10 heteroatoms. The van der Waals surface area contributed by atoms with Gasteiger partial charge in [0.2, 0.25) is 11.0 Å². The van der Waals surface area contributed by atoms with Gasteiger partial charge in [0, 0.05) is 17.3 Å². The topological polar surface area (TPSA) is 75.2 Å². The molecule has 29 heavy (non-hydrogen) atoms. The summed E-state index contributed by atoms with van der Waals surface area (Å²) < 4.78 is 0.600. The first-order valence-electron chi connectivity index (χ1n) is 8.62. The molecule has 0 aliphatic carbocycles. The molecule has 0 fully saturated rings. The number of amides is 2. The Labute approximate surface area is 185 Å². The molecule has 2 aromatic carbocycles. The molecule has 3 aromatic rings. The van der Waals surface area contributed by atoms with E-state index in [1.807, 2.05) is 24.3 Å². The normalized spacial score (nSPS) is 12.7. The molecule has 0 saturated carbocycles. The maximum absolute atomic E-state index is 12.6. The summed E-state index contributed by atoms with van der Waals surface area (Å²) in [5, 5.41) is 11.7. The van der Waals surface area contributed by atoms with Crippen LogP contribution in [0.5, 0.6) is 0 Å². The van der Waals surface area contributed by atoms with Crippen LogP contribution in [-0.4, -0.2) is 34.3 Å².